The first-order chi connectivity index (χ1) is 7.77. The average molecular weight is 223 g/mol. The molecule has 16 heavy (non-hydrogen) atoms. The first-order valence-corrected chi connectivity index (χ1v) is 5.57. The first kappa shape index (κ1) is 11.3. The number of hydrogen-bond acceptors (Lipinski definition) is 5. The molecule has 1 fully saturated rings. The Labute approximate surface area is 95.0 Å². The highest BCUT2D eigenvalue weighted by Crippen LogP contribution is 2.33. The second-order valence-electron chi connectivity index (χ2n) is 3.84. The monoisotopic (exact) mass is 223 g/mol. The summed E-state index contributed by atoms with van der Waals surface area (Å²) < 4.78 is 11.2. The van der Waals surface area contributed by atoms with Gasteiger partial charge in [-0.25, -0.2) is 9.97 Å². The van der Waals surface area contributed by atoms with Crippen molar-refractivity contribution in [1.82, 2.24) is 9.97 Å². The van der Waals surface area contributed by atoms with Crippen LogP contribution in [0.5, 0.6) is 0 Å². The molecule has 1 aliphatic rings. The lowest BCUT2D eigenvalue weighted by molar-refractivity contribution is -0.117. The number of hydrogen-bond donors (Lipinski definition) is 1. The van der Waals surface area contributed by atoms with Gasteiger partial charge in [0, 0.05) is 38.9 Å². The second-order valence-corrected chi connectivity index (χ2v) is 3.84. The van der Waals surface area contributed by atoms with Gasteiger partial charge in [-0.2, -0.15) is 0 Å². The van der Waals surface area contributed by atoms with Crippen molar-refractivity contribution in [2.45, 2.75) is 25.4 Å². The van der Waals surface area contributed by atoms with Gasteiger partial charge >= 0.3 is 0 Å². The molecule has 0 bridgehead atoms. The average Bonchev–Trinajstić information content (AvgIpc) is 2.31. The van der Waals surface area contributed by atoms with Gasteiger partial charge in [0.15, 0.2) is 5.82 Å². The summed E-state index contributed by atoms with van der Waals surface area (Å²) in [7, 11) is 0. The third-order valence-corrected chi connectivity index (χ3v) is 2.81. The van der Waals surface area contributed by atoms with E-state index in [0.29, 0.717) is 31.5 Å². The third kappa shape index (κ3) is 2.15. The zero-order valence-corrected chi connectivity index (χ0v) is 9.48. The lowest BCUT2D eigenvalue weighted by atomic mass is 9.93. The third-order valence-electron chi connectivity index (χ3n) is 2.81. The van der Waals surface area contributed by atoms with Gasteiger partial charge < -0.3 is 15.2 Å². The van der Waals surface area contributed by atoms with E-state index in [2.05, 4.69) is 9.97 Å². The number of nitrogens with two attached hydrogens (primary N) is 1. The van der Waals surface area contributed by atoms with E-state index in [1.807, 2.05) is 6.92 Å². The molecule has 0 atom stereocenters. The Morgan fingerprint density at radius 1 is 1.50 bits per heavy atom. The van der Waals surface area contributed by atoms with Crippen LogP contribution in [0.3, 0.4) is 0 Å². The van der Waals surface area contributed by atoms with Crippen molar-refractivity contribution < 1.29 is 9.47 Å². The van der Waals surface area contributed by atoms with Gasteiger partial charge in [0.1, 0.15) is 11.4 Å². The topological polar surface area (TPSA) is 70.3 Å². The molecule has 5 nitrogen and oxygen atoms in total. The van der Waals surface area contributed by atoms with Gasteiger partial charge in [0.2, 0.25) is 0 Å². The minimum Gasteiger partial charge on any atom is -0.384 e. The highest BCUT2D eigenvalue weighted by molar-refractivity contribution is 5.26. The molecule has 2 heterocycles. The normalized spacial score (nSPS) is 19.6. The number of anilines is 1. The first-order valence-electron chi connectivity index (χ1n) is 5.57. The molecule has 88 valence electrons. The molecule has 0 spiro atoms. The molecule has 5 heteroatoms. The zero-order chi connectivity index (χ0) is 11.4. The van der Waals surface area contributed by atoms with Crippen LogP contribution in [0.25, 0.3) is 0 Å². The number of rotatable bonds is 3. The van der Waals surface area contributed by atoms with Crippen LogP contribution in [-0.2, 0) is 15.1 Å². The molecule has 0 aromatic carbocycles. The van der Waals surface area contributed by atoms with Crippen LogP contribution in [0.4, 0.5) is 5.82 Å². The van der Waals surface area contributed by atoms with Crippen LogP contribution in [-0.4, -0.2) is 29.8 Å². The molecule has 1 aromatic heterocycles. The lowest BCUT2D eigenvalue weighted by Gasteiger charge is -2.35. The van der Waals surface area contributed by atoms with Crippen LogP contribution >= 0.6 is 0 Å². The summed E-state index contributed by atoms with van der Waals surface area (Å²) in [6, 6.07) is 1.68. The predicted octanol–water partition coefficient (Wildman–Crippen LogP) is 1.10. The van der Waals surface area contributed by atoms with Crippen molar-refractivity contribution in [3.63, 3.8) is 0 Å². The summed E-state index contributed by atoms with van der Waals surface area (Å²) in [6.45, 7) is 3.97. The van der Waals surface area contributed by atoms with E-state index in [-0.39, 0.29) is 0 Å². The van der Waals surface area contributed by atoms with E-state index < -0.39 is 5.60 Å². The van der Waals surface area contributed by atoms with E-state index in [1.165, 1.54) is 0 Å². The minimum absolute atomic E-state index is 0.414. The molecule has 1 aromatic rings. The van der Waals surface area contributed by atoms with Gasteiger partial charge in [-0.3, -0.25) is 0 Å². The molecule has 0 radical (unpaired) electrons. The van der Waals surface area contributed by atoms with Gasteiger partial charge in [-0.15, -0.1) is 0 Å². The Kier molecular flexibility index (Phi) is 3.36. The van der Waals surface area contributed by atoms with E-state index >= 15 is 0 Å². The summed E-state index contributed by atoms with van der Waals surface area (Å²) >= 11 is 0. The quantitative estimate of drug-likeness (QED) is 0.831. The van der Waals surface area contributed by atoms with Crippen LogP contribution in [0.2, 0.25) is 0 Å². The van der Waals surface area contributed by atoms with Crippen molar-refractivity contribution in [3.05, 3.63) is 18.1 Å². The van der Waals surface area contributed by atoms with E-state index in [0.717, 1.165) is 12.8 Å². The SMILES string of the molecule is CCOC1(c2nccc(N)n2)CCOCC1. The van der Waals surface area contributed by atoms with Crippen LogP contribution in [0, 0.1) is 0 Å². The molecule has 0 amide bonds. The van der Waals surface area contributed by atoms with Crippen molar-refractivity contribution >= 4 is 5.82 Å². The summed E-state index contributed by atoms with van der Waals surface area (Å²) in [6.07, 6.45) is 3.24. The second kappa shape index (κ2) is 4.76. The summed E-state index contributed by atoms with van der Waals surface area (Å²) in [5, 5.41) is 0. The Morgan fingerprint density at radius 3 is 2.88 bits per heavy atom. The molecular formula is C11H17N3O2. The number of nitrogens with zero attached hydrogens (tertiary/aromatic N) is 2. The number of aromatic nitrogens is 2. The summed E-state index contributed by atoms with van der Waals surface area (Å²) in [5.41, 5.74) is 5.27. The van der Waals surface area contributed by atoms with Gasteiger partial charge in [0.25, 0.3) is 0 Å². The van der Waals surface area contributed by atoms with Crippen LogP contribution in [0.1, 0.15) is 25.6 Å². The summed E-state index contributed by atoms with van der Waals surface area (Å²) in [4.78, 5) is 8.56. The van der Waals surface area contributed by atoms with Crippen LogP contribution < -0.4 is 5.73 Å². The highest BCUT2D eigenvalue weighted by atomic mass is 16.5. The maximum absolute atomic E-state index is 5.85. The zero-order valence-electron chi connectivity index (χ0n) is 9.48. The lowest BCUT2D eigenvalue weighted by Crippen LogP contribution is -2.38. The molecule has 1 aliphatic heterocycles. The maximum atomic E-state index is 5.85. The van der Waals surface area contributed by atoms with Gasteiger partial charge in [-0.1, -0.05) is 0 Å². The summed E-state index contributed by atoms with van der Waals surface area (Å²) in [5.74, 6) is 1.16. The van der Waals surface area contributed by atoms with Gasteiger partial charge in [-0.05, 0) is 13.0 Å². The number of ether oxygens (including phenoxy) is 2. The van der Waals surface area contributed by atoms with E-state index in [1.54, 1.807) is 12.3 Å². The Balaban J connectivity index is 2.30. The largest absolute Gasteiger partial charge is 0.384 e. The molecule has 0 saturated carbocycles. The van der Waals surface area contributed by atoms with Crippen molar-refractivity contribution in [2.24, 2.45) is 0 Å². The van der Waals surface area contributed by atoms with Crippen molar-refractivity contribution in [1.29, 1.82) is 0 Å². The molecule has 2 rings (SSSR count). The van der Waals surface area contributed by atoms with Crippen molar-refractivity contribution in [2.75, 3.05) is 25.6 Å². The fraction of sp³-hybridized carbons (Fsp3) is 0.636. The van der Waals surface area contributed by atoms with Gasteiger partial charge in [0.05, 0.1) is 0 Å². The standard InChI is InChI=1S/C11H17N3O2/c1-2-16-11(4-7-15-8-5-11)10-13-6-3-9(12)14-10/h3,6H,2,4-5,7-8H2,1H3,(H2,12,13,14). The number of nitrogen functional groups attached to an aromatic ring is 1. The minimum atomic E-state index is -0.414. The molecule has 1 saturated heterocycles. The van der Waals surface area contributed by atoms with E-state index in [4.69, 9.17) is 15.2 Å². The van der Waals surface area contributed by atoms with Crippen LogP contribution in [0.15, 0.2) is 12.3 Å². The molecule has 0 aliphatic carbocycles. The molecular weight excluding hydrogens is 206 g/mol. The van der Waals surface area contributed by atoms with E-state index in [9.17, 15) is 0 Å². The molecule has 0 unspecified atom stereocenters. The molecule has 2 N–H and O–H groups in total. The maximum Gasteiger partial charge on any atom is 0.162 e. The fourth-order valence-corrected chi connectivity index (χ4v) is 2.00. The fourth-order valence-electron chi connectivity index (χ4n) is 2.00. The van der Waals surface area contributed by atoms with Crippen molar-refractivity contribution in [3.8, 4) is 0 Å². The Morgan fingerprint density at radius 2 is 2.25 bits per heavy atom. The smallest absolute Gasteiger partial charge is 0.162 e. The Bertz CT molecular complexity index is 345. The Hall–Kier alpha value is -1.20. The predicted molar refractivity (Wildman–Crippen MR) is 59.8 cm³/mol. The highest BCUT2D eigenvalue weighted by Gasteiger charge is 2.38.